The van der Waals surface area contributed by atoms with Gasteiger partial charge in [0.1, 0.15) is 5.75 Å². The largest absolute Gasteiger partial charge is 0.466 e. The van der Waals surface area contributed by atoms with Gasteiger partial charge in [-0.15, -0.1) is 0 Å². The summed E-state index contributed by atoms with van der Waals surface area (Å²) in [6.07, 6.45) is 0.0629. The van der Waals surface area contributed by atoms with Gasteiger partial charge in [-0.25, -0.2) is 0 Å². The first kappa shape index (κ1) is 27.5. The molecule has 0 radical (unpaired) electrons. The van der Waals surface area contributed by atoms with Crippen molar-refractivity contribution in [2.24, 2.45) is 0 Å². The quantitative estimate of drug-likeness (QED) is 0.324. The van der Waals surface area contributed by atoms with Crippen molar-refractivity contribution in [3.05, 3.63) is 89.4 Å². The summed E-state index contributed by atoms with van der Waals surface area (Å²) in [6.45, 7) is 2.21. The van der Waals surface area contributed by atoms with Crippen LogP contribution in [0.2, 0.25) is 5.02 Å². The number of rotatable bonds is 13. The molecule has 8 nitrogen and oxygen atoms in total. The van der Waals surface area contributed by atoms with Crippen LogP contribution >= 0.6 is 11.6 Å². The predicted octanol–water partition coefficient (Wildman–Crippen LogP) is 4.32. The summed E-state index contributed by atoms with van der Waals surface area (Å²) in [6, 6.07) is 23.6. The van der Waals surface area contributed by atoms with Crippen LogP contribution < -0.4 is 20.3 Å². The minimum atomic E-state index is -0.387. The molecule has 2 amide bonds. The molecule has 2 N–H and O–H groups in total. The Morgan fingerprint density at radius 1 is 0.865 bits per heavy atom. The van der Waals surface area contributed by atoms with Crippen molar-refractivity contribution in [2.45, 2.75) is 19.9 Å². The molecule has 0 spiro atoms. The summed E-state index contributed by atoms with van der Waals surface area (Å²) in [5.41, 5.74) is 1.43. The van der Waals surface area contributed by atoms with E-state index in [0.717, 1.165) is 5.56 Å². The third kappa shape index (κ3) is 9.50. The maximum atomic E-state index is 12.9. The Balaban J connectivity index is 1.72. The van der Waals surface area contributed by atoms with Crippen LogP contribution in [-0.4, -0.2) is 44.0 Å². The fourth-order valence-electron chi connectivity index (χ4n) is 3.49. The van der Waals surface area contributed by atoms with E-state index in [-0.39, 0.29) is 50.4 Å². The molecule has 3 aromatic carbocycles. The molecule has 3 rings (SSSR count). The number of para-hydroxylation sites is 3. The number of esters is 1. The number of ether oxygens (including phenoxy) is 2. The maximum Gasteiger partial charge on any atom is 0.307 e. The predicted molar refractivity (Wildman–Crippen MR) is 143 cm³/mol. The van der Waals surface area contributed by atoms with Crippen molar-refractivity contribution >= 4 is 35.1 Å². The van der Waals surface area contributed by atoms with Gasteiger partial charge in [0.2, 0.25) is 11.8 Å². The molecule has 0 fully saturated rings. The Bertz CT molecular complexity index is 1190. The number of hydrogen-bond donors (Lipinski definition) is 2. The molecule has 0 aliphatic rings. The van der Waals surface area contributed by atoms with E-state index in [4.69, 9.17) is 21.1 Å². The summed E-state index contributed by atoms with van der Waals surface area (Å²) in [5, 5.41) is 6.16. The Hall–Kier alpha value is -4.04. The smallest absolute Gasteiger partial charge is 0.307 e. The second kappa shape index (κ2) is 14.5. The van der Waals surface area contributed by atoms with Gasteiger partial charge in [0.05, 0.1) is 31.8 Å². The summed E-state index contributed by atoms with van der Waals surface area (Å²) in [7, 11) is 0. The molecule has 0 atom stereocenters. The van der Waals surface area contributed by atoms with Crippen LogP contribution in [0.4, 0.5) is 5.69 Å². The van der Waals surface area contributed by atoms with Crippen molar-refractivity contribution in [2.75, 3.05) is 31.1 Å². The fraction of sp³-hybridized carbons (Fsp3) is 0.250. The van der Waals surface area contributed by atoms with E-state index < -0.39 is 0 Å². The van der Waals surface area contributed by atoms with Crippen LogP contribution in [0.3, 0.4) is 0 Å². The molecule has 0 saturated heterocycles. The van der Waals surface area contributed by atoms with Gasteiger partial charge in [0.25, 0.3) is 0 Å². The average molecular weight is 524 g/mol. The van der Waals surface area contributed by atoms with Crippen LogP contribution in [0.1, 0.15) is 18.9 Å². The first-order valence-corrected chi connectivity index (χ1v) is 12.3. The van der Waals surface area contributed by atoms with Gasteiger partial charge >= 0.3 is 5.97 Å². The number of carbonyl (C=O) groups excluding carboxylic acids is 3. The topological polar surface area (TPSA) is 97.0 Å². The Labute approximate surface area is 221 Å². The molecule has 0 heterocycles. The zero-order valence-electron chi connectivity index (χ0n) is 20.6. The highest BCUT2D eigenvalue weighted by molar-refractivity contribution is 6.30. The molecule has 0 unspecified atom stereocenters. The van der Waals surface area contributed by atoms with Crippen molar-refractivity contribution < 1.29 is 23.9 Å². The number of anilines is 1. The van der Waals surface area contributed by atoms with Crippen LogP contribution in [0.25, 0.3) is 0 Å². The van der Waals surface area contributed by atoms with Crippen LogP contribution in [0, 0.1) is 0 Å². The fourth-order valence-corrected chi connectivity index (χ4v) is 3.70. The third-order valence-corrected chi connectivity index (χ3v) is 5.42. The van der Waals surface area contributed by atoms with Gasteiger partial charge in [0.15, 0.2) is 5.75 Å². The van der Waals surface area contributed by atoms with Gasteiger partial charge in [-0.3, -0.25) is 14.4 Å². The zero-order valence-corrected chi connectivity index (χ0v) is 21.4. The minimum absolute atomic E-state index is 0.0629. The first-order chi connectivity index (χ1) is 17.9. The number of halogens is 1. The van der Waals surface area contributed by atoms with E-state index in [1.165, 1.54) is 0 Å². The maximum absolute atomic E-state index is 12.9. The van der Waals surface area contributed by atoms with E-state index in [0.29, 0.717) is 28.8 Å². The van der Waals surface area contributed by atoms with Gasteiger partial charge in [-0.2, -0.15) is 0 Å². The second-order valence-electron chi connectivity index (χ2n) is 8.05. The molecule has 9 heteroatoms. The van der Waals surface area contributed by atoms with Gasteiger partial charge in [-0.05, 0) is 48.9 Å². The standard InChI is InChI=1S/C28H30ClN3O5/c1-2-36-28(35)15-16-30-26(33)19-32(20-27(34)31-18-21-9-8-10-22(29)17-21)24-13-6-7-14-25(24)37-23-11-4-3-5-12-23/h3-14,17H,2,15-16,18-20H2,1H3,(H,30,33)(H,31,34). The highest BCUT2D eigenvalue weighted by Crippen LogP contribution is 2.32. The molecule has 3 aromatic rings. The lowest BCUT2D eigenvalue weighted by Gasteiger charge is -2.26. The van der Waals surface area contributed by atoms with Crippen molar-refractivity contribution in [3.8, 4) is 11.5 Å². The Kier molecular flexibility index (Phi) is 10.8. The minimum Gasteiger partial charge on any atom is -0.466 e. The number of nitrogens with one attached hydrogen (secondary N) is 2. The second-order valence-corrected chi connectivity index (χ2v) is 8.49. The number of amides is 2. The number of carbonyl (C=O) groups is 3. The highest BCUT2D eigenvalue weighted by atomic mass is 35.5. The monoisotopic (exact) mass is 523 g/mol. The van der Waals surface area contributed by atoms with Crippen molar-refractivity contribution in [1.29, 1.82) is 0 Å². The van der Waals surface area contributed by atoms with Crippen LogP contribution in [-0.2, 0) is 25.7 Å². The summed E-state index contributed by atoms with van der Waals surface area (Å²) in [4.78, 5) is 38.8. The van der Waals surface area contributed by atoms with E-state index in [1.54, 1.807) is 36.1 Å². The van der Waals surface area contributed by atoms with E-state index >= 15 is 0 Å². The molecule has 0 aliphatic heterocycles. The number of nitrogens with zero attached hydrogens (tertiary/aromatic N) is 1. The summed E-state index contributed by atoms with van der Waals surface area (Å²) in [5.74, 6) is 0.104. The first-order valence-electron chi connectivity index (χ1n) is 11.9. The summed E-state index contributed by atoms with van der Waals surface area (Å²) >= 11 is 6.04. The lowest BCUT2D eigenvalue weighted by atomic mass is 10.2. The summed E-state index contributed by atoms with van der Waals surface area (Å²) < 4.78 is 10.9. The molecule has 0 aromatic heterocycles. The Morgan fingerprint density at radius 3 is 2.30 bits per heavy atom. The van der Waals surface area contributed by atoms with Gasteiger partial charge < -0.3 is 25.0 Å². The molecule has 0 bridgehead atoms. The SMILES string of the molecule is CCOC(=O)CCNC(=O)CN(CC(=O)NCc1cccc(Cl)c1)c1ccccc1Oc1ccccc1. The number of hydrogen-bond acceptors (Lipinski definition) is 6. The van der Waals surface area contributed by atoms with E-state index in [1.807, 2.05) is 54.6 Å². The normalized spacial score (nSPS) is 10.3. The zero-order chi connectivity index (χ0) is 26.5. The molecule has 0 aliphatic carbocycles. The van der Waals surface area contributed by atoms with Crippen LogP contribution in [0.5, 0.6) is 11.5 Å². The Morgan fingerprint density at radius 2 is 1.57 bits per heavy atom. The third-order valence-electron chi connectivity index (χ3n) is 5.18. The van der Waals surface area contributed by atoms with Crippen molar-refractivity contribution in [1.82, 2.24) is 10.6 Å². The molecule has 37 heavy (non-hydrogen) atoms. The van der Waals surface area contributed by atoms with Gasteiger partial charge in [0, 0.05) is 18.1 Å². The highest BCUT2D eigenvalue weighted by Gasteiger charge is 2.19. The van der Waals surface area contributed by atoms with Crippen molar-refractivity contribution in [3.63, 3.8) is 0 Å². The molecular weight excluding hydrogens is 494 g/mol. The lowest BCUT2D eigenvalue weighted by Crippen LogP contribution is -2.43. The lowest BCUT2D eigenvalue weighted by molar-refractivity contribution is -0.143. The van der Waals surface area contributed by atoms with E-state index in [2.05, 4.69) is 10.6 Å². The molecule has 194 valence electrons. The molecule has 0 saturated carbocycles. The average Bonchev–Trinajstić information content (AvgIpc) is 2.88. The van der Waals surface area contributed by atoms with Crippen LogP contribution in [0.15, 0.2) is 78.9 Å². The van der Waals surface area contributed by atoms with E-state index in [9.17, 15) is 14.4 Å². The molecular formula is C28H30ClN3O5. The van der Waals surface area contributed by atoms with Gasteiger partial charge in [-0.1, -0.05) is 54.1 Å². The number of benzene rings is 3.